The normalized spacial score (nSPS) is 16.0. The molecule has 0 radical (unpaired) electrons. The van der Waals surface area contributed by atoms with E-state index in [0.717, 1.165) is 12.1 Å². The van der Waals surface area contributed by atoms with Crippen LogP contribution in [-0.2, 0) is 22.2 Å². The monoisotopic (exact) mass is 466 g/mol. The van der Waals surface area contributed by atoms with Crippen molar-refractivity contribution in [2.24, 2.45) is 5.92 Å². The SMILES string of the molecule is COc1cc(N2CC(C(=O)NCCc3ccc(C(F)(F)F)cc3)CC2=O)cc(OC)c1OC. The zero-order valence-corrected chi connectivity index (χ0v) is 18.5. The highest BCUT2D eigenvalue weighted by Crippen LogP contribution is 2.42. The summed E-state index contributed by atoms with van der Waals surface area (Å²) in [6.07, 6.45) is -3.96. The van der Waals surface area contributed by atoms with Crippen molar-refractivity contribution in [2.45, 2.75) is 19.0 Å². The third kappa shape index (κ3) is 5.50. The summed E-state index contributed by atoms with van der Waals surface area (Å²) in [6, 6.07) is 8.10. The molecule has 7 nitrogen and oxygen atoms in total. The molecule has 178 valence electrons. The molecule has 1 heterocycles. The van der Waals surface area contributed by atoms with Gasteiger partial charge in [0.15, 0.2) is 11.5 Å². The van der Waals surface area contributed by atoms with Gasteiger partial charge in [0.2, 0.25) is 17.6 Å². The average molecular weight is 466 g/mol. The number of halogens is 3. The topological polar surface area (TPSA) is 77.1 Å². The van der Waals surface area contributed by atoms with Gasteiger partial charge in [-0.2, -0.15) is 13.2 Å². The maximum absolute atomic E-state index is 12.7. The summed E-state index contributed by atoms with van der Waals surface area (Å²) in [7, 11) is 4.42. The van der Waals surface area contributed by atoms with Gasteiger partial charge in [-0.05, 0) is 24.1 Å². The van der Waals surface area contributed by atoms with E-state index in [0.29, 0.717) is 34.9 Å². The second-order valence-corrected chi connectivity index (χ2v) is 7.52. The van der Waals surface area contributed by atoms with Crippen molar-refractivity contribution in [1.82, 2.24) is 5.32 Å². The molecule has 1 N–H and O–H groups in total. The Labute approximate surface area is 189 Å². The lowest BCUT2D eigenvalue weighted by atomic mass is 10.1. The van der Waals surface area contributed by atoms with Crippen molar-refractivity contribution in [3.63, 3.8) is 0 Å². The van der Waals surface area contributed by atoms with Gasteiger partial charge in [-0.1, -0.05) is 12.1 Å². The quantitative estimate of drug-likeness (QED) is 0.645. The first kappa shape index (κ1) is 24.2. The van der Waals surface area contributed by atoms with Gasteiger partial charge in [0, 0.05) is 31.6 Å². The van der Waals surface area contributed by atoms with E-state index in [4.69, 9.17) is 14.2 Å². The van der Waals surface area contributed by atoms with Crippen molar-refractivity contribution in [3.05, 3.63) is 47.5 Å². The molecular weight excluding hydrogens is 441 g/mol. The Hall–Kier alpha value is -3.43. The first-order valence-electron chi connectivity index (χ1n) is 10.2. The molecule has 0 aliphatic carbocycles. The highest BCUT2D eigenvalue weighted by molar-refractivity contribution is 6.00. The Morgan fingerprint density at radius 1 is 1.06 bits per heavy atom. The zero-order valence-electron chi connectivity index (χ0n) is 18.5. The van der Waals surface area contributed by atoms with Crippen molar-refractivity contribution in [3.8, 4) is 17.2 Å². The number of rotatable bonds is 8. The van der Waals surface area contributed by atoms with Crippen LogP contribution >= 0.6 is 0 Å². The van der Waals surface area contributed by atoms with Crippen LogP contribution in [-0.4, -0.2) is 46.2 Å². The van der Waals surface area contributed by atoms with Crippen LogP contribution in [0.1, 0.15) is 17.5 Å². The number of hydrogen-bond acceptors (Lipinski definition) is 5. The molecule has 0 aromatic heterocycles. The summed E-state index contributed by atoms with van der Waals surface area (Å²) in [4.78, 5) is 26.7. The molecular formula is C23H25F3N2O5. The Morgan fingerprint density at radius 3 is 2.18 bits per heavy atom. The number of carbonyl (C=O) groups is 2. The smallest absolute Gasteiger partial charge is 0.416 e. The third-order valence-electron chi connectivity index (χ3n) is 5.45. The van der Waals surface area contributed by atoms with E-state index < -0.39 is 17.7 Å². The number of hydrogen-bond donors (Lipinski definition) is 1. The highest BCUT2D eigenvalue weighted by atomic mass is 19.4. The number of amides is 2. The van der Waals surface area contributed by atoms with Gasteiger partial charge < -0.3 is 24.4 Å². The summed E-state index contributed by atoms with van der Waals surface area (Å²) in [5.41, 5.74) is 0.478. The fourth-order valence-electron chi connectivity index (χ4n) is 3.69. The van der Waals surface area contributed by atoms with Gasteiger partial charge in [-0.15, -0.1) is 0 Å². The van der Waals surface area contributed by atoms with Gasteiger partial charge in [-0.3, -0.25) is 9.59 Å². The molecule has 1 unspecified atom stereocenters. The van der Waals surface area contributed by atoms with E-state index in [1.807, 2.05) is 0 Å². The minimum absolute atomic E-state index is 0.0444. The van der Waals surface area contributed by atoms with Crippen LogP contribution in [0.4, 0.5) is 18.9 Å². The van der Waals surface area contributed by atoms with Crippen molar-refractivity contribution < 1.29 is 37.0 Å². The van der Waals surface area contributed by atoms with Crippen LogP contribution in [0.3, 0.4) is 0 Å². The van der Waals surface area contributed by atoms with E-state index >= 15 is 0 Å². The van der Waals surface area contributed by atoms with Crippen molar-refractivity contribution in [1.29, 1.82) is 0 Å². The fourth-order valence-corrected chi connectivity index (χ4v) is 3.69. The maximum atomic E-state index is 12.7. The number of ether oxygens (including phenoxy) is 3. The summed E-state index contributed by atoms with van der Waals surface area (Å²) >= 11 is 0. The molecule has 0 saturated carbocycles. The number of nitrogens with zero attached hydrogens (tertiary/aromatic N) is 1. The maximum Gasteiger partial charge on any atom is 0.416 e. The number of carbonyl (C=O) groups excluding carboxylic acids is 2. The molecule has 2 aromatic rings. The van der Waals surface area contributed by atoms with Crippen LogP contribution in [0.25, 0.3) is 0 Å². The van der Waals surface area contributed by atoms with Gasteiger partial charge in [0.25, 0.3) is 0 Å². The molecule has 1 aliphatic heterocycles. The van der Waals surface area contributed by atoms with E-state index in [1.54, 1.807) is 12.1 Å². The van der Waals surface area contributed by atoms with Gasteiger partial charge in [-0.25, -0.2) is 0 Å². The van der Waals surface area contributed by atoms with Crippen LogP contribution in [0.5, 0.6) is 17.2 Å². The molecule has 1 aliphatic rings. The van der Waals surface area contributed by atoms with Gasteiger partial charge in [0.05, 0.1) is 38.5 Å². The largest absolute Gasteiger partial charge is 0.493 e. The van der Waals surface area contributed by atoms with Crippen molar-refractivity contribution >= 4 is 17.5 Å². The predicted molar refractivity (Wildman–Crippen MR) is 115 cm³/mol. The lowest BCUT2D eigenvalue weighted by Crippen LogP contribution is -2.34. The summed E-state index contributed by atoms with van der Waals surface area (Å²) in [6.45, 7) is 0.433. The van der Waals surface area contributed by atoms with E-state index in [9.17, 15) is 22.8 Å². The molecule has 1 atom stereocenters. The molecule has 33 heavy (non-hydrogen) atoms. The molecule has 1 fully saturated rings. The fraction of sp³-hybridized carbons (Fsp3) is 0.391. The van der Waals surface area contributed by atoms with Crippen LogP contribution in [0.15, 0.2) is 36.4 Å². The minimum Gasteiger partial charge on any atom is -0.493 e. The number of alkyl halides is 3. The molecule has 2 aromatic carbocycles. The first-order valence-corrected chi connectivity index (χ1v) is 10.2. The van der Waals surface area contributed by atoms with Crippen LogP contribution in [0.2, 0.25) is 0 Å². The van der Waals surface area contributed by atoms with Gasteiger partial charge >= 0.3 is 6.18 Å². The minimum atomic E-state index is -4.38. The van der Waals surface area contributed by atoms with Crippen molar-refractivity contribution in [2.75, 3.05) is 39.3 Å². The van der Waals surface area contributed by atoms with E-state index in [-0.39, 0.29) is 31.3 Å². The van der Waals surface area contributed by atoms with Crippen LogP contribution in [0, 0.1) is 5.92 Å². The molecule has 2 amide bonds. The summed E-state index contributed by atoms with van der Waals surface area (Å²) in [5.74, 6) is 0.128. The molecule has 3 rings (SSSR count). The Kier molecular flexibility index (Phi) is 7.35. The predicted octanol–water partition coefficient (Wildman–Crippen LogP) is 3.44. The van der Waals surface area contributed by atoms with Gasteiger partial charge in [0.1, 0.15) is 0 Å². The highest BCUT2D eigenvalue weighted by Gasteiger charge is 2.36. The summed E-state index contributed by atoms with van der Waals surface area (Å²) in [5, 5.41) is 2.76. The number of benzene rings is 2. The zero-order chi connectivity index (χ0) is 24.2. The molecule has 1 saturated heterocycles. The molecule has 0 spiro atoms. The van der Waals surface area contributed by atoms with Crippen LogP contribution < -0.4 is 24.4 Å². The second-order valence-electron chi connectivity index (χ2n) is 7.52. The Balaban J connectivity index is 1.60. The third-order valence-corrected chi connectivity index (χ3v) is 5.45. The molecule has 0 bridgehead atoms. The lowest BCUT2D eigenvalue weighted by molar-refractivity contribution is -0.137. The van der Waals surface area contributed by atoms with E-state index in [1.165, 1.54) is 38.4 Å². The number of nitrogens with one attached hydrogen (secondary N) is 1. The van der Waals surface area contributed by atoms with E-state index in [2.05, 4.69) is 5.32 Å². The lowest BCUT2D eigenvalue weighted by Gasteiger charge is -2.20. The first-order chi connectivity index (χ1) is 15.7. The second kappa shape index (κ2) is 10.0. The average Bonchev–Trinajstić information content (AvgIpc) is 3.19. The standard InChI is InChI=1S/C23H25F3N2O5/c1-31-18-11-17(12-19(32-2)21(18)33-3)28-13-15(10-20(28)29)22(30)27-9-8-14-4-6-16(7-5-14)23(24,25)26/h4-7,11-12,15H,8-10,13H2,1-3H3,(H,27,30). The number of anilines is 1. The summed E-state index contributed by atoms with van der Waals surface area (Å²) < 4.78 is 53.9. The number of methoxy groups -OCH3 is 3. The Morgan fingerprint density at radius 2 is 1.67 bits per heavy atom. The molecule has 10 heteroatoms. The Bertz CT molecular complexity index is 983.